The van der Waals surface area contributed by atoms with Crippen LogP contribution in [0.3, 0.4) is 0 Å². The van der Waals surface area contributed by atoms with Crippen LogP contribution in [0.15, 0.2) is 22.6 Å². The van der Waals surface area contributed by atoms with Gasteiger partial charge in [0.1, 0.15) is 11.3 Å². The van der Waals surface area contributed by atoms with Gasteiger partial charge in [0.15, 0.2) is 0 Å². The number of nitrogens with one attached hydrogen (secondary N) is 1. The third-order valence-electron chi connectivity index (χ3n) is 3.91. The normalized spacial score (nSPS) is 13.1. The van der Waals surface area contributed by atoms with Gasteiger partial charge in [0, 0.05) is 10.9 Å². The van der Waals surface area contributed by atoms with Crippen LogP contribution in [0.2, 0.25) is 0 Å². The maximum absolute atomic E-state index is 6.13. The standard InChI is InChI=1S/C19H29NO/c1-8-20-12-16-17(19(5,6)7)14-11-13(18(2,3)4)9-10-15(14)21-16/h9-11,20H,8,12H2,1-7H3. The SMILES string of the molecule is CCNCc1oc2ccc(C(C)(C)C)cc2c1C(C)(C)C. The summed E-state index contributed by atoms with van der Waals surface area (Å²) in [5.41, 5.74) is 3.93. The molecule has 1 N–H and O–H groups in total. The van der Waals surface area contributed by atoms with Gasteiger partial charge in [-0.3, -0.25) is 0 Å². The summed E-state index contributed by atoms with van der Waals surface area (Å²) in [6.45, 7) is 17.4. The summed E-state index contributed by atoms with van der Waals surface area (Å²) in [4.78, 5) is 0. The van der Waals surface area contributed by atoms with E-state index < -0.39 is 0 Å². The molecule has 0 atom stereocenters. The van der Waals surface area contributed by atoms with E-state index in [2.05, 4.69) is 72.0 Å². The van der Waals surface area contributed by atoms with E-state index in [1.807, 2.05) is 0 Å². The second kappa shape index (κ2) is 5.49. The number of benzene rings is 1. The van der Waals surface area contributed by atoms with Crippen molar-refractivity contribution in [2.45, 2.75) is 65.8 Å². The van der Waals surface area contributed by atoms with Crippen molar-refractivity contribution >= 4 is 11.0 Å². The van der Waals surface area contributed by atoms with Gasteiger partial charge in [-0.05, 0) is 35.1 Å². The summed E-state index contributed by atoms with van der Waals surface area (Å²) in [6, 6.07) is 6.63. The Morgan fingerprint density at radius 3 is 2.19 bits per heavy atom. The van der Waals surface area contributed by atoms with Gasteiger partial charge in [-0.25, -0.2) is 0 Å². The Hall–Kier alpha value is -1.28. The molecular weight excluding hydrogens is 258 g/mol. The minimum atomic E-state index is 0.0759. The second-order valence-electron chi connectivity index (χ2n) is 7.89. The first kappa shape index (κ1) is 16.1. The van der Waals surface area contributed by atoms with Gasteiger partial charge in [0.05, 0.1) is 6.54 Å². The van der Waals surface area contributed by atoms with Crippen LogP contribution in [0.25, 0.3) is 11.0 Å². The number of hydrogen-bond donors (Lipinski definition) is 1. The van der Waals surface area contributed by atoms with Gasteiger partial charge in [0.25, 0.3) is 0 Å². The maximum atomic E-state index is 6.13. The van der Waals surface area contributed by atoms with Crippen LogP contribution in [0.5, 0.6) is 0 Å². The number of fused-ring (bicyclic) bond motifs is 1. The minimum absolute atomic E-state index is 0.0759. The summed E-state index contributed by atoms with van der Waals surface area (Å²) in [5.74, 6) is 1.07. The largest absolute Gasteiger partial charge is 0.459 e. The van der Waals surface area contributed by atoms with Crippen molar-refractivity contribution in [1.82, 2.24) is 5.32 Å². The van der Waals surface area contributed by atoms with Crippen LogP contribution >= 0.6 is 0 Å². The highest BCUT2D eigenvalue weighted by atomic mass is 16.3. The second-order valence-corrected chi connectivity index (χ2v) is 7.89. The van der Waals surface area contributed by atoms with Crippen molar-refractivity contribution in [3.63, 3.8) is 0 Å². The molecule has 2 heteroatoms. The van der Waals surface area contributed by atoms with Gasteiger partial charge in [-0.15, -0.1) is 0 Å². The minimum Gasteiger partial charge on any atom is -0.459 e. The van der Waals surface area contributed by atoms with Gasteiger partial charge in [-0.1, -0.05) is 54.5 Å². The molecule has 1 aromatic carbocycles. The molecular formula is C19H29NO. The molecule has 0 aliphatic heterocycles. The smallest absolute Gasteiger partial charge is 0.134 e. The maximum Gasteiger partial charge on any atom is 0.134 e. The van der Waals surface area contributed by atoms with Gasteiger partial charge in [0.2, 0.25) is 0 Å². The molecule has 2 aromatic rings. The summed E-state index contributed by atoms with van der Waals surface area (Å²) in [5, 5.41) is 4.66. The highest BCUT2D eigenvalue weighted by Crippen LogP contribution is 2.37. The lowest BCUT2D eigenvalue weighted by Gasteiger charge is -2.22. The van der Waals surface area contributed by atoms with Crippen LogP contribution in [-0.4, -0.2) is 6.54 Å². The summed E-state index contributed by atoms with van der Waals surface area (Å²) in [7, 11) is 0. The van der Waals surface area contributed by atoms with Crippen molar-refractivity contribution in [1.29, 1.82) is 0 Å². The van der Waals surface area contributed by atoms with E-state index in [-0.39, 0.29) is 10.8 Å². The Morgan fingerprint density at radius 2 is 1.67 bits per heavy atom. The topological polar surface area (TPSA) is 25.2 Å². The molecule has 2 rings (SSSR count). The predicted octanol–water partition coefficient (Wildman–Crippen LogP) is 5.14. The van der Waals surface area contributed by atoms with Crippen molar-refractivity contribution in [2.24, 2.45) is 0 Å². The molecule has 0 spiro atoms. The van der Waals surface area contributed by atoms with Crippen LogP contribution in [0, 0.1) is 0 Å². The molecule has 116 valence electrons. The van der Waals surface area contributed by atoms with E-state index in [1.54, 1.807) is 0 Å². The molecule has 0 unspecified atom stereocenters. The summed E-state index contributed by atoms with van der Waals surface area (Å²) < 4.78 is 6.13. The van der Waals surface area contributed by atoms with Crippen molar-refractivity contribution < 1.29 is 4.42 Å². The van der Waals surface area contributed by atoms with Crippen LogP contribution in [0.4, 0.5) is 0 Å². The zero-order valence-corrected chi connectivity index (χ0v) is 14.6. The van der Waals surface area contributed by atoms with Gasteiger partial charge in [-0.2, -0.15) is 0 Å². The Balaban J connectivity index is 2.65. The number of rotatable bonds is 3. The molecule has 2 nitrogen and oxygen atoms in total. The van der Waals surface area contributed by atoms with Crippen LogP contribution in [-0.2, 0) is 17.4 Å². The quantitative estimate of drug-likeness (QED) is 0.845. The molecule has 0 amide bonds. The predicted molar refractivity (Wildman–Crippen MR) is 91.0 cm³/mol. The average molecular weight is 287 g/mol. The third kappa shape index (κ3) is 3.32. The number of furan rings is 1. The Kier molecular flexibility index (Phi) is 4.21. The zero-order chi connectivity index (χ0) is 15.8. The van der Waals surface area contributed by atoms with Crippen molar-refractivity contribution in [3.8, 4) is 0 Å². The van der Waals surface area contributed by atoms with E-state index in [0.29, 0.717) is 0 Å². The highest BCUT2D eigenvalue weighted by Gasteiger charge is 2.26. The molecule has 21 heavy (non-hydrogen) atoms. The lowest BCUT2D eigenvalue weighted by Crippen LogP contribution is -2.18. The fourth-order valence-electron chi connectivity index (χ4n) is 2.80. The fourth-order valence-corrected chi connectivity index (χ4v) is 2.80. The van der Waals surface area contributed by atoms with E-state index in [0.717, 1.165) is 24.4 Å². The van der Waals surface area contributed by atoms with Crippen molar-refractivity contribution in [3.05, 3.63) is 35.1 Å². The van der Waals surface area contributed by atoms with Crippen molar-refractivity contribution in [2.75, 3.05) is 6.54 Å². The molecule has 0 saturated carbocycles. The molecule has 1 aromatic heterocycles. The Morgan fingerprint density at radius 1 is 1.00 bits per heavy atom. The molecule has 1 heterocycles. The van der Waals surface area contributed by atoms with Crippen LogP contribution < -0.4 is 5.32 Å². The first-order chi connectivity index (χ1) is 9.64. The summed E-state index contributed by atoms with van der Waals surface area (Å²) >= 11 is 0. The molecule has 0 radical (unpaired) electrons. The fraction of sp³-hybridized carbons (Fsp3) is 0.579. The monoisotopic (exact) mass is 287 g/mol. The molecule has 0 saturated heterocycles. The molecule has 0 fully saturated rings. The molecule has 0 bridgehead atoms. The van der Waals surface area contributed by atoms with E-state index in [1.165, 1.54) is 16.5 Å². The Labute approximate surface area is 128 Å². The highest BCUT2D eigenvalue weighted by molar-refractivity contribution is 5.84. The first-order valence-corrected chi connectivity index (χ1v) is 7.91. The van der Waals surface area contributed by atoms with Gasteiger partial charge < -0.3 is 9.73 Å². The number of hydrogen-bond acceptors (Lipinski definition) is 2. The van der Waals surface area contributed by atoms with Gasteiger partial charge >= 0.3 is 0 Å². The first-order valence-electron chi connectivity index (χ1n) is 7.91. The average Bonchev–Trinajstić information content (AvgIpc) is 2.71. The van der Waals surface area contributed by atoms with E-state index in [4.69, 9.17) is 4.42 Å². The Bertz CT molecular complexity index is 623. The zero-order valence-electron chi connectivity index (χ0n) is 14.6. The lowest BCUT2D eigenvalue weighted by molar-refractivity contribution is 0.487. The molecule has 0 aliphatic rings. The summed E-state index contributed by atoms with van der Waals surface area (Å²) in [6.07, 6.45) is 0. The van der Waals surface area contributed by atoms with E-state index in [9.17, 15) is 0 Å². The molecule has 0 aliphatic carbocycles. The van der Waals surface area contributed by atoms with Crippen LogP contribution in [0.1, 0.15) is 65.4 Å². The van der Waals surface area contributed by atoms with E-state index >= 15 is 0 Å². The lowest BCUT2D eigenvalue weighted by atomic mass is 9.82. The third-order valence-corrected chi connectivity index (χ3v) is 3.91.